The summed E-state index contributed by atoms with van der Waals surface area (Å²) in [5.74, 6) is 0.159. The fourth-order valence-corrected chi connectivity index (χ4v) is 1.43. The molecular weight excluding hydrogens is 228 g/mol. The van der Waals surface area contributed by atoms with Gasteiger partial charge in [-0.25, -0.2) is 0 Å². The SMILES string of the molecule is CC(CC(N)=NO)OCc1ccccc1Cl. The van der Waals surface area contributed by atoms with E-state index in [0.29, 0.717) is 18.1 Å². The number of amidine groups is 1. The maximum Gasteiger partial charge on any atom is 0.141 e. The minimum Gasteiger partial charge on any atom is -0.409 e. The van der Waals surface area contributed by atoms with Gasteiger partial charge in [-0.05, 0) is 18.6 Å². The lowest BCUT2D eigenvalue weighted by atomic mass is 10.2. The number of ether oxygens (including phenoxy) is 1. The normalized spacial score (nSPS) is 13.8. The zero-order valence-corrected chi connectivity index (χ0v) is 9.81. The highest BCUT2D eigenvalue weighted by Gasteiger charge is 2.07. The van der Waals surface area contributed by atoms with Crippen LogP contribution >= 0.6 is 11.6 Å². The summed E-state index contributed by atoms with van der Waals surface area (Å²) in [4.78, 5) is 0. The van der Waals surface area contributed by atoms with Crippen LogP contribution in [0.15, 0.2) is 29.4 Å². The van der Waals surface area contributed by atoms with Crippen molar-refractivity contribution in [2.75, 3.05) is 0 Å². The molecule has 0 saturated heterocycles. The van der Waals surface area contributed by atoms with Gasteiger partial charge in [-0.15, -0.1) is 0 Å². The Morgan fingerprint density at radius 2 is 2.25 bits per heavy atom. The van der Waals surface area contributed by atoms with Gasteiger partial charge in [-0.3, -0.25) is 0 Å². The van der Waals surface area contributed by atoms with E-state index in [2.05, 4.69) is 5.16 Å². The van der Waals surface area contributed by atoms with Crippen molar-refractivity contribution >= 4 is 17.4 Å². The summed E-state index contributed by atoms with van der Waals surface area (Å²) in [6.45, 7) is 2.27. The number of nitrogens with zero attached hydrogens (tertiary/aromatic N) is 1. The first kappa shape index (κ1) is 12.8. The molecule has 16 heavy (non-hydrogen) atoms. The molecule has 1 unspecified atom stereocenters. The molecular formula is C11H15ClN2O2. The number of halogens is 1. The molecule has 0 fully saturated rings. The van der Waals surface area contributed by atoms with E-state index in [1.165, 1.54) is 0 Å². The molecule has 0 aliphatic carbocycles. The maximum absolute atomic E-state index is 8.40. The van der Waals surface area contributed by atoms with Gasteiger partial charge < -0.3 is 15.7 Å². The summed E-state index contributed by atoms with van der Waals surface area (Å²) in [6.07, 6.45) is 0.271. The number of hydrogen-bond donors (Lipinski definition) is 2. The predicted molar refractivity (Wildman–Crippen MR) is 63.7 cm³/mol. The van der Waals surface area contributed by atoms with E-state index in [1.54, 1.807) is 0 Å². The van der Waals surface area contributed by atoms with E-state index < -0.39 is 0 Å². The molecule has 0 aliphatic rings. The quantitative estimate of drug-likeness (QED) is 0.361. The molecule has 0 radical (unpaired) electrons. The summed E-state index contributed by atoms with van der Waals surface area (Å²) < 4.78 is 5.52. The van der Waals surface area contributed by atoms with E-state index in [1.807, 2.05) is 31.2 Å². The molecule has 1 rings (SSSR count). The zero-order chi connectivity index (χ0) is 12.0. The lowest BCUT2D eigenvalue weighted by molar-refractivity contribution is 0.0574. The average molecular weight is 243 g/mol. The van der Waals surface area contributed by atoms with Gasteiger partial charge in [0.25, 0.3) is 0 Å². The van der Waals surface area contributed by atoms with Crippen molar-refractivity contribution in [1.82, 2.24) is 0 Å². The molecule has 0 bridgehead atoms. The molecule has 0 spiro atoms. The van der Waals surface area contributed by atoms with Crippen molar-refractivity contribution in [2.45, 2.75) is 26.1 Å². The molecule has 1 aromatic carbocycles. The second-order valence-electron chi connectivity index (χ2n) is 3.51. The fraction of sp³-hybridized carbons (Fsp3) is 0.364. The highest BCUT2D eigenvalue weighted by molar-refractivity contribution is 6.31. The van der Waals surface area contributed by atoms with E-state index in [0.717, 1.165) is 5.56 Å². The molecule has 0 saturated carbocycles. The number of oxime groups is 1. The van der Waals surface area contributed by atoms with Crippen LogP contribution in [0.1, 0.15) is 18.9 Å². The zero-order valence-electron chi connectivity index (χ0n) is 9.06. The number of benzene rings is 1. The number of rotatable bonds is 5. The predicted octanol–water partition coefficient (Wildman–Crippen LogP) is 2.38. The van der Waals surface area contributed by atoms with Crippen LogP contribution in [0.5, 0.6) is 0 Å². The molecule has 0 aromatic heterocycles. The average Bonchev–Trinajstić information content (AvgIpc) is 2.28. The summed E-state index contributed by atoms with van der Waals surface area (Å²) in [5.41, 5.74) is 6.29. The Morgan fingerprint density at radius 3 is 2.88 bits per heavy atom. The Labute approximate surface area is 99.7 Å². The number of nitrogens with two attached hydrogens (primary N) is 1. The van der Waals surface area contributed by atoms with Gasteiger partial charge in [0.05, 0.1) is 12.7 Å². The molecule has 0 amide bonds. The van der Waals surface area contributed by atoms with E-state index in [9.17, 15) is 0 Å². The summed E-state index contributed by atoms with van der Waals surface area (Å²) in [6, 6.07) is 7.48. The van der Waals surface area contributed by atoms with Gasteiger partial charge in [0, 0.05) is 11.4 Å². The summed E-state index contributed by atoms with van der Waals surface area (Å²) in [5, 5.41) is 12.0. The van der Waals surface area contributed by atoms with Crippen molar-refractivity contribution < 1.29 is 9.94 Å². The molecule has 1 aromatic rings. The first-order chi connectivity index (χ1) is 7.63. The second-order valence-corrected chi connectivity index (χ2v) is 3.92. The van der Waals surface area contributed by atoms with Crippen LogP contribution in [-0.4, -0.2) is 17.1 Å². The minimum absolute atomic E-state index is 0.118. The Kier molecular flexibility index (Phi) is 5.08. The first-order valence-electron chi connectivity index (χ1n) is 4.95. The molecule has 1 atom stereocenters. The third kappa shape index (κ3) is 4.08. The van der Waals surface area contributed by atoms with Gasteiger partial charge >= 0.3 is 0 Å². The molecule has 0 heterocycles. The van der Waals surface area contributed by atoms with Crippen LogP contribution in [0, 0.1) is 0 Å². The Morgan fingerprint density at radius 1 is 1.56 bits per heavy atom. The Bertz CT molecular complexity index is 369. The van der Waals surface area contributed by atoms with E-state index in [-0.39, 0.29) is 11.9 Å². The minimum atomic E-state index is -0.118. The Hall–Kier alpha value is -1.26. The third-order valence-electron chi connectivity index (χ3n) is 2.11. The van der Waals surface area contributed by atoms with Crippen LogP contribution in [-0.2, 0) is 11.3 Å². The molecule has 0 aliphatic heterocycles. The van der Waals surface area contributed by atoms with Crippen molar-refractivity contribution in [3.05, 3.63) is 34.9 Å². The monoisotopic (exact) mass is 242 g/mol. The van der Waals surface area contributed by atoms with Gasteiger partial charge in [-0.2, -0.15) is 0 Å². The molecule has 5 heteroatoms. The summed E-state index contributed by atoms with van der Waals surface area (Å²) >= 11 is 5.97. The largest absolute Gasteiger partial charge is 0.409 e. The van der Waals surface area contributed by atoms with E-state index >= 15 is 0 Å². The van der Waals surface area contributed by atoms with Gasteiger partial charge in [0.1, 0.15) is 5.84 Å². The summed E-state index contributed by atoms with van der Waals surface area (Å²) in [7, 11) is 0. The lowest BCUT2D eigenvalue weighted by Gasteiger charge is -2.12. The first-order valence-corrected chi connectivity index (χ1v) is 5.32. The van der Waals surface area contributed by atoms with E-state index in [4.69, 9.17) is 27.3 Å². The Balaban J connectivity index is 2.43. The topological polar surface area (TPSA) is 67.8 Å². The van der Waals surface area contributed by atoms with Crippen LogP contribution in [0.3, 0.4) is 0 Å². The van der Waals surface area contributed by atoms with Crippen molar-refractivity contribution in [2.24, 2.45) is 10.9 Å². The highest BCUT2D eigenvalue weighted by atomic mass is 35.5. The lowest BCUT2D eigenvalue weighted by Crippen LogP contribution is -2.20. The third-order valence-corrected chi connectivity index (χ3v) is 2.47. The van der Waals surface area contributed by atoms with Crippen LogP contribution in [0.4, 0.5) is 0 Å². The number of hydrogen-bond acceptors (Lipinski definition) is 3. The standard InChI is InChI=1S/C11H15ClN2O2/c1-8(6-11(13)14-15)16-7-9-4-2-3-5-10(9)12/h2-5,8,15H,6-7H2,1H3,(H2,13,14). The molecule has 4 nitrogen and oxygen atoms in total. The molecule has 3 N–H and O–H groups in total. The molecule has 88 valence electrons. The van der Waals surface area contributed by atoms with Crippen LogP contribution in [0.25, 0.3) is 0 Å². The van der Waals surface area contributed by atoms with Crippen molar-refractivity contribution in [3.63, 3.8) is 0 Å². The highest BCUT2D eigenvalue weighted by Crippen LogP contribution is 2.16. The van der Waals surface area contributed by atoms with Gasteiger partial charge in [-0.1, -0.05) is 35.0 Å². The fourth-order valence-electron chi connectivity index (χ4n) is 1.24. The van der Waals surface area contributed by atoms with Gasteiger partial charge in [0.2, 0.25) is 0 Å². The van der Waals surface area contributed by atoms with Gasteiger partial charge in [0.15, 0.2) is 0 Å². The van der Waals surface area contributed by atoms with Crippen LogP contribution < -0.4 is 5.73 Å². The van der Waals surface area contributed by atoms with Crippen molar-refractivity contribution in [1.29, 1.82) is 0 Å². The smallest absolute Gasteiger partial charge is 0.141 e. The van der Waals surface area contributed by atoms with Crippen molar-refractivity contribution in [3.8, 4) is 0 Å². The second kappa shape index (κ2) is 6.35. The van der Waals surface area contributed by atoms with Crippen LogP contribution in [0.2, 0.25) is 5.02 Å². The maximum atomic E-state index is 8.40.